The van der Waals surface area contributed by atoms with Crippen molar-refractivity contribution in [1.29, 1.82) is 0 Å². The first kappa shape index (κ1) is 30.7. The largest absolute Gasteiger partial charge is 0.478 e. The number of carbonyl (C=O) groups excluding carboxylic acids is 1. The van der Waals surface area contributed by atoms with Gasteiger partial charge in [-0.2, -0.15) is 5.10 Å². The number of carboxylic acids is 2. The fourth-order valence-electron chi connectivity index (χ4n) is 4.71. The van der Waals surface area contributed by atoms with Gasteiger partial charge < -0.3 is 20.4 Å². The Morgan fingerprint density at radius 3 is 2.11 bits per heavy atom. The van der Waals surface area contributed by atoms with Crippen LogP contribution in [-0.4, -0.2) is 78.0 Å². The lowest BCUT2D eigenvalue weighted by Gasteiger charge is -2.33. The molecule has 0 unspecified atom stereocenters. The molecular weight excluding hydrogens is 490 g/mol. The van der Waals surface area contributed by atoms with Crippen molar-refractivity contribution >= 4 is 34.8 Å². The molecule has 210 valence electrons. The second-order valence-electron chi connectivity index (χ2n) is 11.3. The van der Waals surface area contributed by atoms with Crippen LogP contribution in [0.15, 0.2) is 24.7 Å². The number of hydrogen-bond donors (Lipinski definition) is 4. The number of rotatable bonds is 8. The Labute approximate surface area is 223 Å². The number of carbonyl (C=O) groups is 3. The highest BCUT2D eigenvalue weighted by atomic mass is 16.4. The average Bonchev–Trinajstić information content (AvgIpc) is 3.02. The number of likely N-dealkylation sites (tertiary alicyclic amines) is 1. The molecule has 1 aliphatic heterocycles. The van der Waals surface area contributed by atoms with E-state index < -0.39 is 11.9 Å². The highest BCUT2D eigenvalue weighted by molar-refractivity contribution is 5.97. The van der Waals surface area contributed by atoms with Gasteiger partial charge in [0.15, 0.2) is 5.65 Å². The van der Waals surface area contributed by atoms with Gasteiger partial charge in [0.25, 0.3) is 0 Å². The molecule has 1 saturated heterocycles. The molecular formula is C26H41N7O5. The summed E-state index contributed by atoms with van der Waals surface area (Å²) in [6.07, 6.45) is 10.4. The molecule has 12 heteroatoms. The maximum Gasteiger partial charge on any atom is 0.328 e. The number of fused-ring (bicyclic) bond motifs is 1. The lowest BCUT2D eigenvalue weighted by molar-refractivity contribution is -0.134. The van der Waals surface area contributed by atoms with Crippen LogP contribution in [0.2, 0.25) is 0 Å². The van der Waals surface area contributed by atoms with Gasteiger partial charge in [-0.3, -0.25) is 5.32 Å². The summed E-state index contributed by atoms with van der Waals surface area (Å²) in [7, 11) is 0. The number of aliphatic carboxylic acids is 2. The molecule has 3 rings (SSSR count). The van der Waals surface area contributed by atoms with Gasteiger partial charge in [0.1, 0.15) is 12.1 Å². The van der Waals surface area contributed by atoms with Crippen LogP contribution in [0.4, 0.5) is 10.6 Å². The summed E-state index contributed by atoms with van der Waals surface area (Å²) in [6.45, 7) is 14.6. The molecule has 4 N–H and O–H groups in total. The van der Waals surface area contributed by atoms with E-state index in [1.54, 1.807) is 6.20 Å². The number of hydrogen-bond acceptors (Lipinski definition) is 7. The van der Waals surface area contributed by atoms with Gasteiger partial charge in [-0.05, 0) is 51.6 Å². The Bertz CT molecular complexity index is 1100. The zero-order valence-electron chi connectivity index (χ0n) is 23.0. The van der Waals surface area contributed by atoms with Crippen molar-refractivity contribution in [3.05, 3.63) is 24.7 Å². The first-order valence-electron chi connectivity index (χ1n) is 12.9. The fourth-order valence-corrected chi connectivity index (χ4v) is 4.71. The molecule has 0 saturated carbocycles. The quantitative estimate of drug-likeness (QED) is 0.372. The molecule has 0 aromatic carbocycles. The molecule has 2 amide bonds. The minimum Gasteiger partial charge on any atom is -0.478 e. The topological polar surface area (TPSA) is 163 Å². The molecule has 0 aliphatic carbocycles. The van der Waals surface area contributed by atoms with E-state index in [1.165, 1.54) is 32.0 Å². The highest BCUT2D eigenvalue weighted by Crippen LogP contribution is 2.27. The van der Waals surface area contributed by atoms with E-state index in [4.69, 9.17) is 10.2 Å². The molecule has 0 bridgehead atoms. The van der Waals surface area contributed by atoms with Gasteiger partial charge in [-0.25, -0.2) is 29.0 Å². The van der Waals surface area contributed by atoms with Crippen molar-refractivity contribution in [2.45, 2.75) is 78.8 Å². The summed E-state index contributed by atoms with van der Waals surface area (Å²) < 4.78 is 1.91. The molecule has 0 atom stereocenters. The van der Waals surface area contributed by atoms with Crippen LogP contribution >= 0.6 is 0 Å². The standard InChI is InChI=1S/C22H37N7O.C4H4O4/c1-21(2,3)15-22(4,5)27-20(30)26-18-17-14-25-29(19(17)24-16-23-18)13-12-28-10-8-6-7-9-11-28;5-3(6)1-2-4(7)8/h14,16H,6-13,15H2,1-5H3,(H2,23,24,26,27,30);1-2H,(H,5,6)(H,7,8)/b;2-1-. The zero-order chi connectivity index (χ0) is 28.3. The number of amides is 2. The Morgan fingerprint density at radius 1 is 0.947 bits per heavy atom. The second-order valence-corrected chi connectivity index (χ2v) is 11.3. The van der Waals surface area contributed by atoms with Crippen LogP contribution in [-0.2, 0) is 16.1 Å². The summed E-state index contributed by atoms with van der Waals surface area (Å²) in [6, 6.07) is -0.262. The first-order chi connectivity index (χ1) is 17.8. The smallest absolute Gasteiger partial charge is 0.328 e. The first-order valence-corrected chi connectivity index (χ1v) is 12.9. The second kappa shape index (κ2) is 13.8. The number of carboxylic acid groups (broad SMARTS) is 2. The minimum atomic E-state index is -1.26. The van der Waals surface area contributed by atoms with Gasteiger partial charge in [-0.15, -0.1) is 0 Å². The maximum atomic E-state index is 12.6. The normalized spacial score (nSPS) is 15.0. The van der Waals surface area contributed by atoms with Crippen molar-refractivity contribution in [1.82, 2.24) is 30.0 Å². The number of aromatic nitrogens is 4. The SMILES string of the molecule is CC(C)(C)CC(C)(C)NC(=O)Nc1ncnc2c1cnn2CCN1CCCCCC1.O=C(O)/C=C\C(=O)O. The Hall–Kier alpha value is -3.54. The number of nitrogens with one attached hydrogen (secondary N) is 2. The summed E-state index contributed by atoms with van der Waals surface area (Å²) in [5, 5.41) is 26.8. The van der Waals surface area contributed by atoms with E-state index in [-0.39, 0.29) is 17.0 Å². The molecule has 12 nitrogen and oxygen atoms in total. The minimum absolute atomic E-state index is 0.119. The van der Waals surface area contributed by atoms with Gasteiger partial charge in [0, 0.05) is 24.2 Å². The monoisotopic (exact) mass is 531 g/mol. The summed E-state index contributed by atoms with van der Waals surface area (Å²) in [5.74, 6) is -2.02. The molecule has 2 aromatic rings. The molecule has 38 heavy (non-hydrogen) atoms. The highest BCUT2D eigenvalue weighted by Gasteiger charge is 2.27. The van der Waals surface area contributed by atoms with Crippen LogP contribution in [0.25, 0.3) is 11.0 Å². The molecule has 0 radical (unpaired) electrons. The van der Waals surface area contributed by atoms with Crippen LogP contribution < -0.4 is 10.6 Å². The van der Waals surface area contributed by atoms with Crippen molar-refractivity contribution in [3.8, 4) is 0 Å². The predicted octanol–water partition coefficient (Wildman–Crippen LogP) is 3.75. The molecule has 0 spiro atoms. The van der Waals surface area contributed by atoms with Crippen LogP contribution in [0.3, 0.4) is 0 Å². The Balaban J connectivity index is 0.000000550. The molecule has 1 fully saturated rings. The van der Waals surface area contributed by atoms with Gasteiger partial charge in [0.2, 0.25) is 0 Å². The van der Waals surface area contributed by atoms with Crippen LogP contribution in [0, 0.1) is 5.41 Å². The van der Waals surface area contributed by atoms with Crippen molar-refractivity contribution in [2.75, 3.05) is 25.0 Å². The van der Waals surface area contributed by atoms with E-state index >= 15 is 0 Å². The van der Waals surface area contributed by atoms with Gasteiger partial charge in [-0.1, -0.05) is 33.6 Å². The lowest BCUT2D eigenvalue weighted by atomic mass is 9.82. The van der Waals surface area contributed by atoms with Crippen LogP contribution in [0.1, 0.15) is 66.7 Å². The third-order valence-corrected chi connectivity index (χ3v) is 5.78. The van der Waals surface area contributed by atoms with Crippen LogP contribution in [0.5, 0.6) is 0 Å². The fraction of sp³-hybridized carbons (Fsp3) is 0.615. The van der Waals surface area contributed by atoms with E-state index in [9.17, 15) is 14.4 Å². The van der Waals surface area contributed by atoms with E-state index in [1.807, 2.05) is 18.5 Å². The van der Waals surface area contributed by atoms with Gasteiger partial charge in [0.05, 0.1) is 18.1 Å². The Kier molecular flexibility index (Phi) is 11.2. The molecule has 1 aliphatic rings. The number of nitrogens with zero attached hydrogens (tertiary/aromatic N) is 5. The van der Waals surface area contributed by atoms with Gasteiger partial charge >= 0.3 is 18.0 Å². The lowest BCUT2D eigenvalue weighted by Crippen LogP contribution is -2.47. The molecule has 3 heterocycles. The molecule has 2 aromatic heterocycles. The Morgan fingerprint density at radius 2 is 1.55 bits per heavy atom. The third kappa shape index (κ3) is 11.2. The zero-order valence-corrected chi connectivity index (χ0v) is 23.0. The maximum absolute atomic E-state index is 12.6. The number of urea groups is 1. The summed E-state index contributed by atoms with van der Waals surface area (Å²) in [4.78, 5) is 42.9. The summed E-state index contributed by atoms with van der Waals surface area (Å²) in [5.41, 5.74) is 0.545. The number of anilines is 1. The van der Waals surface area contributed by atoms with E-state index in [0.29, 0.717) is 18.0 Å². The van der Waals surface area contributed by atoms with E-state index in [2.05, 4.69) is 51.4 Å². The van der Waals surface area contributed by atoms with Crippen molar-refractivity contribution < 1.29 is 24.6 Å². The average molecular weight is 532 g/mol. The van der Waals surface area contributed by atoms with E-state index in [0.717, 1.165) is 43.6 Å². The van der Waals surface area contributed by atoms with Crippen molar-refractivity contribution in [2.24, 2.45) is 5.41 Å². The van der Waals surface area contributed by atoms with Crippen molar-refractivity contribution in [3.63, 3.8) is 0 Å². The summed E-state index contributed by atoms with van der Waals surface area (Å²) >= 11 is 0. The third-order valence-electron chi connectivity index (χ3n) is 5.78. The predicted molar refractivity (Wildman–Crippen MR) is 145 cm³/mol.